The molecule has 0 saturated heterocycles. The molecule has 0 unspecified atom stereocenters. The van der Waals surface area contributed by atoms with E-state index in [0.29, 0.717) is 12.1 Å². The SMILES string of the molecule is Cc1cccc(CNC(=O)Cc2ccccc2F)c1. The number of benzene rings is 2. The minimum Gasteiger partial charge on any atom is -0.352 e. The van der Waals surface area contributed by atoms with Crippen LogP contribution in [-0.2, 0) is 17.8 Å². The first-order valence-electron chi connectivity index (χ1n) is 6.21. The third-order valence-electron chi connectivity index (χ3n) is 2.88. The van der Waals surface area contributed by atoms with Gasteiger partial charge in [-0.15, -0.1) is 0 Å². The summed E-state index contributed by atoms with van der Waals surface area (Å²) < 4.78 is 13.4. The highest BCUT2D eigenvalue weighted by molar-refractivity contribution is 5.78. The van der Waals surface area contributed by atoms with Crippen LogP contribution >= 0.6 is 0 Å². The Labute approximate surface area is 112 Å². The smallest absolute Gasteiger partial charge is 0.224 e. The quantitative estimate of drug-likeness (QED) is 0.896. The van der Waals surface area contributed by atoms with Crippen LogP contribution in [0.5, 0.6) is 0 Å². The fourth-order valence-electron chi connectivity index (χ4n) is 1.90. The van der Waals surface area contributed by atoms with Gasteiger partial charge in [0.1, 0.15) is 5.82 Å². The van der Waals surface area contributed by atoms with E-state index < -0.39 is 0 Å². The van der Waals surface area contributed by atoms with Crippen LogP contribution in [0.25, 0.3) is 0 Å². The summed E-state index contributed by atoms with van der Waals surface area (Å²) in [7, 11) is 0. The van der Waals surface area contributed by atoms with Crippen molar-refractivity contribution in [3.05, 3.63) is 71.0 Å². The standard InChI is InChI=1S/C16H16FNO/c1-12-5-4-6-13(9-12)11-18-16(19)10-14-7-2-3-8-15(14)17/h2-9H,10-11H2,1H3,(H,18,19). The van der Waals surface area contributed by atoms with Crippen LogP contribution in [0.3, 0.4) is 0 Å². The molecule has 2 rings (SSSR count). The predicted octanol–water partition coefficient (Wildman–Crippen LogP) is 2.99. The first-order valence-corrected chi connectivity index (χ1v) is 6.21. The molecule has 98 valence electrons. The molecule has 0 heterocycles. The Kier molecular flexibility index (Phi) is 4.29. The summed E-state index contributed by atoms with van der Waals surface area (Å²) in [6.45, 7) is 2.47. The van der Waals surface area contributed by atoms with Gasteiger partial charge in [-0.3, -0.25) is 4.79 Å². The fraction of sp³-hybridized carbons (Fsp3) is 0.188. The zero-order valence-corrected chi connectivity index (χ0v) is 10.8. The zero-order chi connectivity index (χ0) is 13.7. The lowest BCUT2D eigenvalue weighted by atomic mass is 10.1. The lowest BCUT2D eigenvalue weighted by Gasteiger charge is -2.06. The second-order valence-corrected chi connectivity index (χ2v) is 4.53. The summed E-state index contributed by atoms with van der Waals surface area (Å²) in [5.74, 6) is -0.514. The molecule has 1 N–H and O–H groups in total. The summed E-state index contributed by atoms with van der Waals surface area (Å²) in [5.41, 5.74) is 2.62. The Morgan fingerprint density at radius 2 is 1.95 bits per heavy atom. The van der Waals surface area contributed by atoms with Crippen molar-refractivity contribution >= 4 is 5.91 Å². The van der Waals surface area contributed by atoms with Gasteiger partial charge >= 0.3 is 0 Å². The molecular formula is C16H16FNO. The molecule has 3 heteroatoms. The number of carbonyl (C=O) groups is 1. The van der Waals surface area contributed by atoms with Crippen molar-refractivity contribution in [2.45, 2.75) is 19.9 Å². The number of hydrogen-bond acceptors (Lipinski definition) is 1. The maximum Gasteiger partial charge on any atom is 0.224 e. The van der Waals surface area contributed by atoms with Gasteiger partial charge in [-0.1, -0.05) is 48.0 Å². The number of amides is 1. The van der Waals surface area contributed by atoms with E-state index in [-0.39, 0.29) is 18.1 Å². The number of aryl methyl sites for hydroxylation is 1. The predicted molar refractivity (Wildman–Crippen MR) is 73.1 cm³/mol. The van der Waals surface area contributed by atoms with Crippen molar-refractivity contribution in [3.63, 3.8) is 0 Å². The normalized spacial score (nSPS) is 10.2. The average molecular weight is 257 g/mol. The van der Waals surface area contributed by atoms with E-state index in [1.54, 1.807) is 18.2 Å². The molecule has 0 fully saturated rings. The van der Waals surface area contributed by atoms with Gasteiger partial charge in [-0.25, -0.2) is 4.39 Å². The van der Waals surface area contributed by atoms with Gasteiger partial charge in [0.25, 0.3) is 0 Å². The van der Waals surface area contributed by atoms with Crippen LogP contribution in [0, 0.1) is 12.7 Å². The second-order valence-electron chi connectivity index (χ2n) is 4.53. The minimum absolute atomic E-state index is 0.0679. The number of carbonyl (C=O) groups excluding carboxylic acids is 1. The molecule has 2 nitrogen and oxygen atoms in total. The summed E-state index contributed by atoms with van der Waals surface area (Å²) in [5, 5.41) is 2.80. The van der Waals surface area contributed by atoms with E-state index in [9.17, 15) is 9.18 Å². The number of nitrogens with one attached hydrogen (secondary N) is 1. The van der Waals surface area contributed by atoms with E-state index in [4.69, 9.17) is 0 Å². The lowest BCUT2D eigenvalue weighted by Crippen LogP contribution is -2.24. The molecule has 0 aliphatic carbocycles. The highest BCUT2D eigenvalue weighted by atomic mass is 19.1. The molecule has 0 radical (unpaired) electrons. The van der Waals surface area contributed by atoms with Crippen LogP contribution in [-0.4, -0.2) is 5.91 Å². The Morgan fingerprint density at radius 1 is 1.16 bits per heavy atom. The average Bonchev–Trinajstić information content (AvgIpc) is 2.39. The van der Waals surface area contributed by atoms with Gasteiger partial charge in [-0.2, -0.15) is 0 Å². The summed E-state index contributed by atoms with van der Waals surface area (Å²) in [4.78, 5) is 11.7. The lowest BCUT2D eigenvalue weighted by molar-refractivity contribution is -0.120. The van der Waals surface area contributed by atoms with Crippen molar-refractivity contribution in [1.82, 2.24) is 5.32 Å². The molecule has 2 aromatic rings. The maximum atomic E-state index is 13.4. The molecule has 0 bridgehead atoms. The van der Waals surface area contributed by atoms with Gasteiger partial charge < -0.3 is 5.32 Å². The third kappa shape index (κ3) is 3.91. The van der Waals surface area contributed by atoms with Gasteiger partial charge in [-0.05, 0) is 24.1 Å². The highest BCUT2D eigenvalue weighted by Gasteiger charge is 2.07. The first-order chi connectivity index (χ1) is 9.15. The minimum atomic E-state index is -0.340. The van der Waals surface area contributed by atoms with Crippen LogP contribution in [0.4, 0.5) is 4.39 Å². The Hall–Kier alpha value is -2.16. The Morgan fingerprint density at radius 3 is 2.68 bits per heavy atom. The van der Waals surface area contributed by atoms with E-state index in [2.05, 4.69) is 5.32 Å². The third-order valence-corrected chi connectivity index (χ3v) is 2.88. The number of hydrogen-bond donors (Lipinski definition) is 1. The molecule has 19 heavy (non-hydrogen) atoms. The molecule has 1 amide bonds. The van der Waals surface area contributed by atoms with Gasteiger partial charge in [0, 0.05) is 6.54 Å². The first kappa shape index (κ1) is 13.3. The van der Waals surface area contributed by atoms with Gasteiger partial charge in [0.15, 0.2) is 0 Å². The molecular weight excluding hydrogens is 241 g/mol. The topological polar surface area (TPSA) is 29.1 Å². The molecule has 0 saturated carbocycles. The van der Waals surface area contributed by atoms with Crippen LogP contribution in [0.15, 0.2) is 48.5 Å². The maximum absolute atomic E-state index is 13.4. The van der Waals surface area contributed by atoms with Crippen LogP contribution in [0.2, 0.25) is 0 Å². The Bertz CT molecular complexity index is 580. The van der Waals surface area contributed by atoms with Crippen molar-refractivity contribution in [1.29, 1.82) is 0 Å². The van der Waals surface area contributed by atoms with E-state index >= 15 is 0 Å². The Balaban J connectivity index is 1.90. The molecule has 0 aliphatic heterocycles. The second kappa shape index (κ2) is 6.14. The molecule has 0 aromatic heterocycles. The highest BCUT2D eigenvalue weighted by Crippen LogP contribution is 2.07. The largest absolute Gasteiger partial charge is 0.352 e. The molecule has 0 spiro atoms. The van der Waals surface area contributed by atoms with E-state index in [1.165, 1.54) is 6.07 Å². The van der Waals surface area contributed by atoms with Crippen LogP contribution < -0.4 is 5.32 Å². The van der Waals surface area contributed by atoms with Gasteiger partial charge in [0.2, 0.25) is 5.91 Å². The number of rotatable bonds is 4. The fourth-order valence-corrected chi connectivity index (χ4v) is 1.90. The molecule has 2 aromatic carbocycles. The molecule has 0 atom stereocenters. The summed E-state index contributed by atoms with van der Waals surface area (Å²) >= 11 is 0. The van der Waals surface area contributed by atoms with Crippen LogP contribution in [0.1, 0.15) is 16.7 Å². The summed E-state index contributed by atoms with van der Waals surface area (Å²) in [6.07, 6.45) is 0.0679. The van der Waals surface area contributed by atoms with Gasteiger partial charge in [0.05, 0.1) is 6.42 Å². The van der Waals surface area contributed by atoms with Crippen molar-refractivity contribution in [2.24, 2.45) is 0 Å². The monoisotopic (exact) mass is 257 g/mol. The number of halogens is 1. The van der Waals surface area contributed by atoms with Crippen molar-refractivity contribution in [2.75, 3.05) is 0 Å². The van der Waals surface area contributed by atoms with Crippen molar-refractivity contribution < 1.29 is 9.18 Å². The van der Waals surface area contributed by atoms with E-state index in [0.717, 1.165) is 11.1 Å². The van der Waals surface area contributed by atoms with E-state index in [1.807, 2.05) is 31.2 Å². The van der Waals surface area contributed by atoms with Crippen molar-refractivity contribution in [3.8, 4) is 0 Å². The zero-order valence-electron chi connectivity index (χ0n) is 10.8. The summed E-state index contributed by atoms with van der Waals surface area (Å²) in [6, 6.07) is 14.3. The molecule has 0 aliphatic rings.